The van der Waals surface area contributed by atoms with Crippen molar-refractivity contribution in [1.29, 1.82) is 0 Å². The highest BCUT2D eigenvalue weighted by molar-refractivity contribution is 5.95. The molecule has 0 radical (unpaired) electrons. The number of ether oxygens (including phenoxy) is 1. The van der Waals surface area contributed by atoms with E-state index in [9.17, 15) is 18.4 Å². The zero-order valence-electron chi connectivity index (χ0n) is 18.7. The van der Waals surface area contributed by atoms with E-state index < -0.39 is 24.0 Å². The quantitative estimate of drug-likeness (QED) is 0.521. The lowest BCUT2D eigenvalue weighted by molar-refractivity contribution is 0.0635. The Hall–Kier alpha value is -4.26. The van der Waals surface area contributed by atoms with Crippen molar-refractivity contribution in [1.82, 2.24) is 15.5 Å². The second-order valence-electron chi connectivity index (χ2n) is 8.01. The standard InChI is InChI=1S/C24H22F2N4O4/c1-24(2,3)34-23(32)28-18-12-10-16(11-13-18)20(31)27-14-4-5-15-6-8-17(9-7-15)21-29-30-22(33-21)19(25)26/h6-13,19H,14H2,1-3H3,(H,27,31)(H,28,32). The van der Waals surface area contributed by atoms with Crippen LogP contribution in [-0.4, -0.2) is 34.3 Å². The van der Waals surface area contributed by atoms with Crippen LogP contribution in [0.4, 0.5) is 19.3 Å². The van der Waals surface area contributed by atoms with Crippen LogP contribution < -0.4 is 10.6 Å². The van der Waals surface area contributed by atoms with E-state index >= 15 is 0 Å². The minimum Gasteiger partial charge on any atom is -0.444 e. The van der Waals surface area contributed by atoms with Gasteiger partial charge in [0.2, 0.25) is 5.89 Å². The van der Waals surface area contributed by atoms with Crippen LogP contribution in [0, 0.1) is 11.8 Å². The first kappa shape index (κ1) is 24.4. The molecule has 3 aromatic rings. The summed E-state index contributed by atoms with van der Waals surface area (Å²) in [4.78, 5) is 24.0. The third-order valence-corrected chi connectivity index (χ3v) is 4.12. The van der Waals surface area contributed by atoms with Crippen molar-refractivity contribution in [3.63, 3.8) is 0 Å². The Labute approximate surface area is 194 Å². The summed E-state index contributed by atoms with van der Waals surface area (Å²) in [6.45, 7) is 5.41. The number of alkyl halides is 2. The van der Waals surface area contributed by atoms with E-state index in [-0.39, 0.29) is 18.3 Å². The normalized spacial score (nSPS) is 10.9. The first-order valence-corrected chi connectivity index (χ1v) is 10.2. The van der Waals surface area contributed by atoms with Crippen LogP contribution in [0.1, 0.15) is 49.0 Å². The summed E-state index contributed by atoms with van der Waals surface area (Å²) in [5, 5.41) is 12.2. The maximum absolute atomic E-state index is 12.5. The molecule has 0 spiro atoms. The number of rotatable bonds is 5. The van der Waals surface area contributed by atoms with Gasteiger partial charge in [0.15, 0.2) is 0 Å². The van der Waals surface area contributed by atoms with E-state index in [2.05, 4.69) is 32.7 Å². The lowest BCUT2D eigenvalue weighted by Crippen LogP contribution is -2.27. The molecule has 0 saturated carbocycles. The molecule has 34 heavy (non-hydrogen) atoms. The zero-order valence-corrected chi connectivity index (χ0v) is 18.7. The van der Waals surface area contributed by atoms with Gasteiger partial charge in [0, 0.05) is 22.4 Å². The van der Waals surface area contributed by atoms with Crippen LogP contribution >= 0.6 is 0 Å². The molecule has 8 nitrogen and oxygen atoms in total. The van der Waals surface area contributed by atoms with E-state index in [1.54, 1.807) is 69.3 Å². The van der Waals surface area contributed by atoms with Crippen LogP contribution in [0.2, 0.25) is 0 Å². The second-order valence-corrected chi connectivity index (χ2v) is 8.01. The molecule has 0 aliphatic rings. The Morgan fingerprint density at radius 1 is 1.06 bits per heavy atom. The topological polar surface area (TPSA) is 106 Å². The molecule has 0 aliphatic heterocycles. The number of halogens is 2. The van der Waals surface area contributed by atoms with Crippen LogP contribution in [0.25, 0.3) is 11.5 Å². The molecular formula is C24H22F2N4O4. The van der Waals surface area contributed by atoms with Gasteiger partial charge in [-0.3, -0.25) is 10.1 Å². The molecule has 0 atom stereocenters. The zero-order chi connectivity index (χ0) is 24.7. The molecule has 0 aliphatic carbocycles. The highest BCUT2D eigenvalue weighted by atomic mass is 19.3. The monoisotopic (exact) mass is 468 g/mol. The van der Waals surface area contributed by atoms with E-state index in [0.717, 1.165) is 0 Å². The van der Waals surface area contributed by atoms with Crippen molar-refractivity contribution in [3.8, 4) is 23.3 Å². The van der Waals surface area contributed by atoms with Crippen molar-refractivity contribution >= 4 is 17.7 Å². The van der Waals surface area contributed by atoms with Gasteiger partial charge < -0.3 is 14.5 Å². The largest absolute Gasteiger partial charge is 0.444 e. The minimum absolute atomic E-state index is 0.00520. The maximum Gasteiger partial charge on any atom is 0.412 e. The first-order valence-electron chi connectivity index (χ1n) is 10.2. The number of amides is 2. The molecule has 2 N–H and O–H groups in total. The lowest BCUT2D eigenvalue weighted by atomic mass is 10.1. The van der Waals surface area contributed by atoms with E-state index in [4.69, 9.17) is 9.15 Å². The fourth-order valence-electron chi connectivity index (χ4n) is 2.63. The molecule has 0 bridgehead atoms. The number of carbonyl (C=O) groups is 2. The van der Waals surface area contributed by atoms with Crippen LogP contribution in [0.15, 0.2) is 52.9 Å². The molecule has 10 heteroatoms. The number of benzene rings is 2. The molecule has 3 rings (SSSR count). The van der Waals surface area contributed by atoms with Crippen molar-refractivity contribution in [2.75, 3.05) is 11.9 Å². The number of hydrogen-bond donors (Lipinski definition) is 2. The Bertz CT molecular complexity index is 1200. The van der Waals surface area contributed by atoms with Crippen molar-refractivity contribution < 1.29 is 27.5 Å². The summed E-state index contributed by atoms with van der Waals surface area (Å²) >= 11 is 0. The fourth-order valence-corrected chi connectivity index (χ4v) is 2.63. The number of nitrogens with one attached hydrogen (secondary N) is 2. The number of aromatic nitrogens is 2. The molecule has 2 aromatic carbocycles. The Kier molecular flexibility index (Phi) is 7.58. The molecule has 1 aromatic heterocycles. The number of anilines is 1. The molecular weight excluding hydrogens is 446 g/mol. The summed E-state index contributed by atoms with van der Waals surface area (Å²) in [5.74, 6) is 4.67. The number of hydrogen-bond acceptors (Lipinski definition) is 6. The van der Waals surface area contributed by atoms with E-state index in [1.807, 2.05) is 0 Å². The van der Waals surface area contributed by atoms with Gasteiger partial charge in [-0.2, -0.15) is 8.78 Å². The van der Waals surface area contributed by atoms with Gasteiger partial charge in [-0.1, -0.05) is 11.8 Å². The van der Waals surface area contributed by atoms with Crippen LogP contribution in [-0.2, 0) is 4.74 Å². The lowest BCUT2D eigenvalue weighted by Gasteiger charge is -2.19. The van der Waals surface area contributed by atoms with Crippen molar-refractivity contribution in [3.05, 3.63) is 65.5 Å². The van der Waals surface area contributed by atoms with Crippen LogP contribution in [0.3, 0.4) is 0 Å². The van der Waals surface area contributed by atoms with Gasteiger partial charge in [-0.05, 0) is 69.3 Å². The van der Waals surface area contributed by atoms with Gasteiger partial charge in [0.1, 0.15) is 5.60 Å². The molecule has 0 fully saturated rings. The first-order chi connectivity index (χ1) is 16.1. The maximum atomic E-state index is 12.5. The molecule has 0 unspecified atom stereocenters. The van der Waals surface area contributed by atoms with Gasteiger partial charge in [-0.25, -0.2) is 4.79 Å². The summed E-state index contributed by atoms with van der Waals surface area (Å²) < 4.78 is 35.2. The minimum atomic E-state index is -2.83. The highest BCUT2D eigenvalue weighted by Crippen LogP contribution is 2.23. The molecule has 176 valence electrons. The average molecular weight is 468 g/mol. The average Bonchev–Trinajstić information content (AvgIpc) is 3.27. The molecule has 1 heterocycles. The number of carbonyl (C=O) groups excluding carboxylic acids is 2. The van der Waals surface area contributed by atoms with Gasteiger partial charge in [0.25, 0.3) is 11.8 Å². The van der Waals surface area contributed by atoms with Crippen molar-refractivity contribution in [2.24, 2.45) is 0 Å². The van der Waals surface area contributed by atoms with Crippen molar-refractivity contribution in [2.45, 2.75) is 32.8 Å². The second kappa shape index (κ2) is 10.6. The predicted molar refractivity (Wildman–Crippen MR) is 120 cm³/mol. The fraction of sp³-hybridized carbons (Fsp3) is 0.250. The van der Waals surface area contributed by atoms with E-state index in [1.165, 1.54) is 0 Å². The van der Waals surface area contributed by atoms with Gasteiger partial charge in [0.05, 0.1) is 6.54 Å². The van der Waals surface area contributed by atoms with Gasteiger partial charge in [-0.15, -0.1) is 10.2 Å². The summed E-state index contributed by atoms with van der Waals surface area (Å²) in [7, 11) is 0. The Balaban J connectivity index is 1.49. The van der Waals surface area contributed by atoms with Crippen LogP contribution in [0.5, 0.6) is 0 Å². The molecule has 0 saturated heterocycles. The summed E-state index contributed by atoms with van der Waals surface area (Å²) in [6.07, 6.45) is -3.41. The number of nitrogens with zero attached hydrogens (tertiary/aromatic N) is 2. The molecule has 2 amide bonds. The van der Waals surface area contributed by atoms with Gasteiger partial charge >= 0.3 is 12.5 Å². The van der Waals surface area contributed by atoms with E-state index in [0.29, 0.717) is 22.4 Å². The Morgan fingerprint density at radius 2 is 1.74 bits per heavy atom. The third kappa shape index (κ3) is 7.13. The SMILES string of the molecule is CC(C)(C)OC(=O)Nc1ccc(C(=O)NCC#Cc2ccc(-c3nnc(C(F)F)o3)cc2)cc1. The summed E-state index contributed by atoms with van der Waals surface area (Å²) in [5.41, 5.74) is 1.44. The summed E-state index contributed by atoms with van der Waals surface area (Å²) in [6, 6.07) is 12.9. The Morgan fingerprint density at radius 3 is 2.32 bits per heavy atom. The smallest absolute Gasteiger partial charge is 0.412 e. The third-order valence-electron chi connectivity index (χ3n) is 4.12. The highest BCUT2D eigenvalue weighted by Gasteiger charge is 2.17. The predicted octanol–water partition coefficient (Wildman–Crippen LogP) is 4.80.